The largest absolute Gasteiger partial charge is 0.456 e. The molecule has 0 saturated heterocycles. The van der Waals surface area contributed by atoms with Crippen molar-refractivity contribution in [1.29, 1.82) is 0 Å². The average molecular weight is 663 g/mol. The van der Waals surface area contributed by atoms with E-state index in [-0.39, 0.29) is 17.0 Å². The molecule has 0 aliphatic carbocycles. The maximum absolute atomic E-state index is 6.76. The van der Waals surface area contributed by atoms with Crippen molar-refractivity contribution in [1.82, 2.24) is 9.97 Å². The summed E-state index contributed by atoms with van der Waals surface area (Å²) >= 11 is 0. The Kier molecular flexibility index (Phi) is 7.82. The number of furan rings is 1. The van der Waals surface area contributed by atoms with Crippen LogP contribution in [0.2, 0.25) is 0 Å². The standard InChI is InChI=1S/C45H50N4O/c1-9-44(7)36-21-20-30(39-31(24-28(3)4)26-34-33-18-14-15-19-38(33)50-40(34)35(39)25-29(5)6)27-37(36)49-42-41(46-22-23-47-42)48(32-16-12-11-13-17-32)43(49)45(44,8)10-2/h11-23,26-29,43H,9-10,24-25H2,1-8H3. The fourth-order valence-corrected chi connectivity index (χ4v) is 9.34. The maximum Gasteiger partial charge on any atom is 0.178 e. The minimum Gasteiger partial charge on any atom is -0.456 e. The van der Waals surface area contributed by atoms with Crippen LogP contribution in [-0.2, 0) is 18.3 Å². The third kappa shape index (κ3) is 4.65. The summed E-state index contributed by atoms with van der Waals surface area (Å²) in [6.07, 6.45) is 7.66. The number of aromatic nitrogens is 2. The second-order valence-electron chi connectivity index (χ2n) is 15.9. The Morgan fingerprint density at radius 2 is 1.42 bits per heavy atom. The van der Waals surface area contributed by atoms with Gasteiger partial charge in [0, 0.05) is 50.9 Å². The van der Waals surface area contributed by atoms with E-state index >= 15 is 0 Å². The summed E-state index contributed by atoms with van der Waals surface area (Å²) in [5, 5.41) is 2.43. The molecule has 6 aromatic rings. The second-order valence-corrected chi connectivity index (χ2v) is 15.9. The first-order valence-corrected chi connectivity index (χ1v) is 18.7. The smallest absolute Gasteiger partial charge is 0.178 e. The van der Waals surface area contributed by atoms with Gasteiger partial charge in [-0.05, 0) is 90.1 Å². The summed E-state index contributed by atoms with van der Waals surface area (Å²) < 4.78 is 6.76. The number of nitrogens with zero attached hydrogens (tertiary/aromatic N) is 4. The molecule has 0 bridgehead atoms. The highest BCUT2D eigenvalue weighted by Crippen LogP contribution is 2.64. The molecule has 0 spiro atoms. The highest BCUT2D eigenvalue weighted by Gasteiger charge is 2.61. The van der Waals surface area contributed by atoms with Gasteiger partial charge in [0.05, 0.1) is 0 Å². The van der Waals surface area contributed by atoms with Crippen LogP contribution in [0.15, 0.2) is 95.7 Å². The number of benzene rings is 4. The Labute approximate surface area is 297 Å². The number of rotatable bonds is 8. The fourth-order valence-electron chi connectivity index (χ4n) is 9.34. The number of fused-ring (bicyclic) bond motifs is 8. The predicted molar refractivity (Wildman–Crippen MR) is 209 cm³/mol. The van der Waals surface area contributed by atoms with Crippen LogP contribution in [0.25, 0.3) is 33.1 Å². The molecule has 50 heavy (non-hydrogen) atoms. The monoisotopic (exact) mass is 662 g/mol. The molecule has 0 fully saturated rings. The molecule has 256 valence electrons. The average Bonchev–Trinajstić information content (AvgIpc) is 3.67. The van der Waals surface area contributed by atoms with E-state index in [0.717, 1.165) is 54.2 Å². The first kappa shape index (κ1) is 32.6. The van der Waals surface area contributed by atoms with Crippen molar-refractivity contribution in [3.63, 3.8) is 0 Å². The number of para-hydroxylation sites is 2. The van der Waals surface area contributed by atoms with E-state index in [1.54, 1.807) is 0 Å². The summed E-state index contributed by atoms with van der Waals surface area (Å²) in [6.45, 7) is 19.0. The molecule has 3 unspecified atom stereocenters. The van der Waals surface area contributed by atoms with Gasteiger partial charge < -0.3 is 14.2 Å². The van der Waals surface area contributed by atoms with Crippen molar-refractivity contribution in [2.24, 2.45) is 17.3 Å². The van der Waals surface area contributed by atoms with Crippen LogP contribution in [0, 0.1) is 17.3 Å². The summed E-state index contributed by atoms with van der Waals surface area (Å²) in [5.74, 6) is 2.82. The van der Waals surface area contributed by atoms with E-state index in [1.165, 1.54) is 44.3 Å². The summed E-state index contributed by atoms with van der Waals surface area (Å²) in [7, 11) is 0. The van der Waals surface area contributed by atoms with Crippen LogP contribution in [0.1, 0.15) is 84.9 Å². The Balaban J connectivity index is 1.44. The van der Waals surface area contributed by atoms with Crippen molar-refractivity contribution in [2.45, 2.75) is 92.7 Å². The zero-order valence-electron chi connectivity index (χ0n) is 30.9. The van der Waals surface area contributed by atoms with Crippen LogP contribution in [0.4, 0.5) is 23.0 Å². The molecule has 0 saturated carbocycles. The Hall–Kier alpha value is -4.64. The van der Waals surface area contributed by atoms with Gasteiger partial charge in [0.1, 0.15) is 17.3 Å². The lowest BCUT2D eigenvalue weighted by molar-refractivity contribution is 0.0964. The fraction of sp³-hybridized carbons (Fsp3) is 0.378. The van der Waals surface area contributed by atoms with E-state index in [2.05, 4.69) is 144 Å². The lowest BCUT2D eigenvalue weighted by Gasteiger charge is -2.58. The summed E-state index contributed by atoms with van der Waals surface area (Å²) in [6, 6.07) is 29.1. The van der Waals surface area contributed by atoms with E-state index < -0.39 is 0 Å². The first-order valence-electron chi connectivity index (χ1n) is 18.7. The molecule has 5 heteroatoms. The highest BCUT2D eigenvalue weighted by atomic mass is 16.3. The quantitative estimate of drug-likeness (QED) is 0.162. The third-order valence-electron chi connectivity index (χ3n) is 12.1. The molecule has 2 aromatic heterocycles. The van der Waals surface area contributed by atoms with Crippen LogP contribution in [0.3, 0.4) is 0 Å². The molecule has 4 aromatic carbocycles. The van der Waals surface area contributed by atoms with Crippen LogP contribution in [-0.4, -0.2) is 16.1 Å². The summed E-state index contributed by atoms with van der Waals surface area (Å²) in [4.78, 5) is 15.1. The number of anilines is 4. The maximum atomic E-state index is 6.76. The van der Waals surface area contributed by atoms with Gasteiger partial charge in [-0.25, -0.2) is 9.97 Å². The molecule has 0 amide bonds. The van der Waals surface area contributed by atoms with Crippen molar-refractivity contribution < 1.29 is 4.42 Å². The van der Waals surface area contributed by atoms with E-state index in [1.807, 2.05) is 12.4 Å². The Bertz CT molecular complexity index is 2220. The molecule has 8 rings (SSSR count). The van der Waals surface area contributed by atoms with E-state index in [4.69, 9.17) is 14.4 Å². The lowest BCUT2D eigenvalue weighted by Crippen LogP contribution is -2.62. The first-order chi connectivity index (χ1) is 24.1. The minimum absolute atomic E-state index is 0.00289. The summed E-state index contributed by atoms with van der Waals surface area (Å²) in [5.41, 5.74) is 10.8. The van der Waals surface area contributed by atoms with Crippen molar-refractivity contribution in [3.05, 3.63) is 108 Å². The molecule has 0 N–H and O–H groups in total. The van der Waals surface area contributed by atoms with Gasteiger partial charge in [0.2, 0.25) is 0 Å². The normalized spacial score (nSPS) is 21.4. The van der Waals surface area contributed by atoms with Gasteiger partial charge >= 0.3 is 0 Å². The minimum atomic E-state index is -0.118. The van der Waals surface area contributed by atoms with Gasteiger partial charge in [-0.1, -0.05) is 104 Å². The van der Waals surface area contributed by atoms with Crippen molar-refractivity contribution >= 4 is 44.9 Å². The van der Waals surface area contributed by atoms with Gasteiger partial charge in [-0.2, -0.15) is 0 Å². The molecule has 0 radical (unpaired) electrons. The van der Waals surface area contributed by atoms with Crippen molar-refractivity contribution in [2.75, 3.05) is 9.80 Å². The van der Waals surface area contributed by atoms with Crippen LogP contribution < -0.4 is 9.80 Å². The Morgan fingerprint density at radius 3 is 2.10 bits per heavy atom. The second kappa shape index (κ2) is 12.0. The molecule has 3 atom stereocenters. The van der Waals surface area contributed by atoms with E-state index in [0.29, 0.717) is 11.8 Å². The van der Waals surface area contributed by atoms with Crippen LogP contribution >= 0.6 is 0 Å². The highest BCUT2D eigenvalue weighted by molar-refractivity contribution is 6.08. The molecular weight excluding hydrogens is 613 g/mol. The number of hydrogen-bond donors (Lipinski definition) is 0. The number of hydrogen-bond acceptors (Lipinski definition) is 5. The van der Waals surface area contributed by atoms with E-state index in [9.17, 15) is 0 Å². The SMILES string of the molecule is CCC1(C)c2ccc(-c3c(CC(C)C)cc4c(oc5ccccc54)c3CC(C)C)cc2N2c3nccnc3N(c3ccccc3)C2C1(C)CC. The van der Waals surface area contributed by atoms with Crippen molar-refractivity contribution in [3.8, 4) is 11.1 Å². The molecule has 5 nitrogen and oxygen atoms in total. The molecular formula is C45H50N4O. The van der Waals surface area contributed by atoms with Gasteiger partial charge in [0.25, 0.3) is 0 Å². The third-order valence-corrected chi connectivity index (χ3v) is 12.1. The zero-order valence-corrected chi connectivity index (χ0v) is 30.9. The topological polar surface area (TPSA) is 45.4 Å². The lowest BCUT2D eigenvalue weighted by atomic mass is 9.55. The van der Waals surface area contributed by atoms with Gasteiger partial charge in [0.15, 0.2) is 11.6 Å². The molecule has 2 aliphatic heterocycles. The molecule has 4 heterocycles. The van der Waals surface area contributed by atoms with Crippen LogP contribution in [0.5, 0.6) is 0 Å². The predicted octanol–water partition coefficient (Wildman–Crippen LogP) is 12.2. The van der Waals surface area contributed by atoms with Gasteiger partial charge in [-0.15, -0.1) is 0 Å². The Morgan fingerprint density at radius 1 is 0.740 bits per heavy atom. The zero-order chi connectivity index (χ0) is 34.9. The van der Waals surface area contributed by atoms with Gasteiger partial charge in [-0.3, -0.25) is 0 Å². The molecule has 2 aliphatic rings.